The van der Waals surface area contributed by atoms with E-state index < -0.39 is 0 Å². The van der Waals surface area contributed by atoms with Gasteiger partial charge in [-0.3, -0.25) is 4.79 Å². The van der Waals surface area contributed by atoms with Crippen molar-refractivity contribution >= 4 is 28.1 Å². The molecule has 1 aliphatic heterocycles. The van der Waals surface area contributed by atoms with Gasteiger partial charge in [-0.1, -0.05) is 13.3 Å². The molecule has 1 aliphatic carbocycles. The molecule has 3 heterocycles. The molecule has 0 radical (unpaired) electrons. The maximum absolute atomic E-state index is 13.6. The van der Waals surface area contributed by atoms with Gasteiger partial charge in [-0.05, 0) is 44.2 Å². The second-order valence-corrected chi connectivity index (χ2v) is 9.58. The molecule has 0 amide bonds. The van der Waals surface area contributed by atoms with Gasteiger partial charge in [-0.25, -0.2) is 9.97 Å². The van der Waals surface area contributed by atoms with E-state index in [4.69, 9.17) is 11.5 Å². The van der Waals surface area contributed by atoms with E-state index in [0.717, 1.165) is 68.7 Å². The number of carbonyl (C=O) groups is 1. The molecule has 2 aromatic heterocycles. The molecule has 0 bridgehead atoms. The summed E-state index contributed by atoms with van der Waals surface area (Å²) in [5, 5.41) is 13.6. The fourth-order valence-electron chi connectivity index (χ4n) is 4.68. The standard InChI is InChI=1S/C23H30N8OS/c1-2-5-15(19(25)14-6-3-7-17-18(14)16(12-24)21(26)33-17)20(32)22-28-13-29-23(30-22)31-10-4-8-27-9-11-31/h13-14,27H,2-11,25-26H2,1H3/b19-15-/t14-/m0/s1. The minimum absolute atomic E-state index is 0.116. The Morgan fingerprint density at radius 3 is 2.97 bits per heavy atom. The summed E-state index contributed by atoms with van der Waals surface area (Å²) in [6, 6.07) is 2.25. The number of fused-ring (bicyclic) bond motifs is 1. The van der Waals surface area contributed by atoms with Crippen LogP contribution in [0, 0.1) is 11.3 Å². The maximum Gasteiger partial charge on any atom is 0.229 e. The van der Waals surface area contributed by atoms with Gasteiger partial charge in [-0.2, -0.15) is 10.2 Å². The maximum atomic E-state index is 13.6. The van der Waals surface area contributed by atoms with Gasteiger partial charge in [-0.15, -0.1) is 11.3 Å². The largest absolute Gasteiger partial charge is 0.401 e. The van der Waals surface area contributed by atoms with Crippen LogP contribution >= 0.6 is 11.3 Å². The summed E-state index contributed by atoms with van der Waals surface area (Å²) in [4.78, 5) is 29.8. The molecule has 174 valence electrons. The Morgan fingerprint density at radius 1 is 1.33 bits per heavy atom. The van der Waals surface area contributed by atoms with E-state index in [1.807, 2.05) is 6.92 Å². The van der Waals surface area contributed by atoms with E-state index >= 15 is 0 Å². The molecule has 33 heavy (non-hydrogen) atoms. The topological polar surface area (TPSA) is 147 Å². The number of nitrogens with two attached hydrogens (primary N) is 2. The van der Waals surface area contributed by atoms with E-state index in [1.165, 1.54) is 17.7 Å². The molecule has 1 atom stereocenters. The molecular weight excluding hydrogens is 436 g/mol. The van der Waals surface area contributed by atoms with Crippen molar-refractivity contribution in [3.63, 3.8) is 0 Å². The number of thiophene rings is 1. The third-order valence-corrected chi connectivity index (χ3v) is 7.38. The van der Waals surface area contributed by atoms with Gasteiger partial charge in [0.25, 0.3) is 0 Å². The lowest BCUT2D eigenvalue weighted by molar-refractivity contribution is 0.101. The zero-order valence-corrected chi connectivity index (χ0v) is 19.7. The molecule has 0 spiro atoms. The van der Waals surface area contributed by atoms with Crippen LogP contribution in [0.4, 0.5) is 10.9 Å². The highest BCUT2D eigenvalue weighted by Crippen LogP contribution is 2.44. The lowest BCUT2D eigenvalue weighted by atomic mass is 9.81. The first-order valence-electron chi connectivity index (χ1n) is 11.5. The van der Waals surface area contributed by atoms with E-state index in [-0.39, 0.29) is 17.5 Å². The SMILES string of the molecule is CCC/C(C(=O)c1ncnc(N2CCCNCC2)n1)=C(/N)[C@H]1CCCc2sc(N)c(C#N)c21. The van der Waals surface area contributed by atoms with Crippen LogP contribution in [0.3, 0.4) is 0 Å². The number of hydrogen-bond donors (Lipinski definition) is 3. The predicted octanol–water partition coefficient (Wildman–Crippen LogP) is 2.50. The minimum atomic E-state index is -0.264. The van der Waals surface area contributed by atoms with E-state index in [2.05, 4.69) is 31.2 Å². The second-order valence-electron chi connectivity index (χ2n) is 8.45. The van der Waals surface area contributed by atoms with Gasteiger partial charge >= 0.3 is 0 Å². The highest BCUT2D eigenvalue weighted by atomic mass is 32.1. The zero-order valence-electron chi connectivity index (χ0n) is 18.9. The van der Waals surface area contributed by atoms with Crippen molar-refractivity contribution in [3.8, 4) is 6.07 Å². The summed E-state index contributed by atoms with van der Waals surface area (Å²) in [6.45, 7) is 5.41. The molecule has 2 aromatic rings. The monoisotopic (exact) mass is 466 g/mol. The Morgan fingerprint density at radius 2 is 2.18 bits per heavy atom. The van der Waals surface area contributed by atoms with E-state index in [1.54, 1.807) is 0 Å². The number of nitriles is 1. The van der Waals surface area contributed by atoms with Gasteiger partial charge in [0.2, 0.25) is 17.6 Å². The third-order valence-electron chi connectivity index (χ3n) is 6.29. The van der Waals surface area contributed by atoms with Crippen molar-refractivity contribution in [2.24, 2.45) is 5.73 Å². The normalized spacial score (nSPS) is 19.3. The fraction of sp³-hybridized carbons (Fsp3) is 0.522. The molecule has 0 aromatic carbocycles. The number of rotatable bonds is 6. The number of anilines is 2. The zero-order chi connectivity index (χ0) is 23.4. The lowest BCUT2D eigenvalue weighted by Gasteiger charge is -2.25. The average Bonchev–Trinajstić information content (AvgIpc) is 2.99. The van der Waals surface area contributed by atoms with Crippen LogP contribution < -0.4 is 21.7 Å². The summed E-state index contributed by atoms with van der Waals surface area (Å²) in [5.74, 6) is 0.175. The van der Waals surface area contributed by atoms with Crippen molar-refractivity contribution in [3.05, 3.63) is 39.4 Å². The van der Waals surface area contributed by atoms with Crippen molar-refractivity contribution in [1.82, 2.24) is 20.3 Å². The van der Waals surface area contributed by atoms with Crippen molar-refractivity contribution in [1.29, 1.82) is 5.26 Å². The first kappa shape index (κ1) is 23.1. The van der Waals surface area contributed by atoms with Crippen LogP contribution in [0.1, 0.15) is 71.6 Å². The predicted molar refractivity (Wildman–Crippen MR) is 129 cm³/mol. The van der Waals surface area contributed by atoms with Crippen LogP contribution in [-0.4, -0.2) is 46.9 Å². The number of aromatic nitrogens is 3. The number of Topliss-reactive ketones (excluding diaryl/α,β-unsaturated/α-hetero) is 1. The highest BCUT2D eigenvalue weighted by Gasteiger charge is 2.32. The molecule has 2 aliphatic rings. The summed E-state index contributed by atoms with van der Waals surface area (Å²) >= 11 is 1.46. The first-order valence-corrected chi connectivity index (χ1v) is 12.4. The Bertz CT molecular complexity index is 1090. The molecule has 10 heteroatoms. The van der Waals surface area contributed by atoms with E-state index in [9.17, 15) is 10.1 Å². The van der Waals surface area contributed by atoms with Crippen molar-refractivity contribution < 1.29 is 4.79 Å². The van der Waals surface area contributed by atoms with Crippen LogP contribution in [0.15, 0.2) is 17.6 Å². The van der Waals surface area contributed by atoms with E-state index in [0.29, 0.717) is 34.2 Å². The Hall–Kier alpha value is -3.03. The molecule has 1 fully saturated rings. The van der Waals surface area contributed by atoms with Crippen molar-refractivity contribution in [2.75, 3.05) is 36.8 Å². The average molecular weight is 467 g/mol. The summed E-state index contributed by atoms with van der Waals surface area (Å²) in [6.07, 6.45) is 6.27. The smallest absolute Gasteiger partial charge is 0.229 e. The Labute approximate surface area is 197 Å². The number of allylic oxidation sites excluding steroid dienone is 2. The number of carbonyl (C=O) groups excluding carboxylic acids is 1. The number of ketones is 1. The molecule has 0 saturated carbocycles. The summed E-state index contributed by atoms with van der Waals surface area (Å²) < 4.78 is 0. The van der Waals surface area contributed by atoms with Gasteiger partial charge in [0, 0.05) is 41.7 Å². The molecular formula is C23H30N8OS. The quantitative estimate of drug-likeness (QED) is 0.431. The number of nitrogens with one attached hydrogen (secondary N) is 1. The Kier molecular flexibility index (Phi) is 7.20. The molecule has 4 rings (SSSR count). The molecule has 1 saturated heterocycles. The lowest BCUT2D eigenvalue weighted by Crippen LogP contribution is -2.30. The minimum Gasteiger partial charge on any atom is -0.401 e. The summed E-state index contributed by atoms with van der Waals surface area (Å²) in [5.41, 5.74) is 15.2. The number of nitrogen functional groups attached to an aromatic ring is 1. The van der Waals surface area contributed by atoms with Gasteiger partial charge < -0.3 is 21.7 Å². The Balaban J connectivity index is 1.70. The third kappa shape index (κ3) is 4.70. The fourth-order valence-corrected chi connectivity index (χ4v) is 5.81. The van der Waals surface area contributed by atoms with Crippen molar-refractivity contribution in [2.45, 2.75) is 51.4 Å². The van der Waals surface area contributed by atoms with Gasteiger partial charge in [0.05, 0.1) is 5.56 Å². The second kappa shape index (κ2) is 10.3. The molecule has 0 unspecified atom stereocenters. The highest BCUT2D eigenvalue weighted by molar-refractivity contribution is 7.16. The van der Waals surface area contributed by atoms with Crippen LogP contribution in [-0.2, 0) is 6.42 Å². The number of nitrogens with zero attached hydrogens (tertiary/aromatic N) is 5. The van der Waals surface area contributed by atoms with Crippen LogP contribution in [0.5, 0.6) is 0 Å². The van der Waals surface area contributed by atoms with Gasteiger partial charge in [0.1, 0.15) is 17.4 Å². The molecule has 5 N–H and O–H groups in total. The van der Waals surface area contributed by atoms with Gasteiger partial charge in [0.15, 0.2) is 0 Å². The summed E-state index contributed by atoms with van der Waals surface area (Å²) in [7, 11) is 0. The number of aryl methyl sites for hydroxylation is 1. The number of hydrogen-bond acceptors (Lipinski definition) is 10. The van der Waals surface area contributed by atoms with Crippen LogP contribution in [0.2, 0.25) is 0 Å². The van der Waals surface area contributed by atoms with Crippen LogP contribution in [0.25, 0.3) is 0 Å². The molecule has 9 nitrogen and oxygen atoms in total. The first-order chi connectivity index (χ1) is 16.0.